The topological polar surface area (TPSA) is 17.1 Å². The molecule has 0 N–H and O–H groups in total. The van der Waals surface area contributed by atoms with Gasteiger partial charge in [0, 0.05) is 11.8 Å². The fourth-order valence-corrected chi connectivity index (χ4v) is 4.08. The second-order valence-electron chi connectivity index (χ2n) is 7.36. The Morgan fingerprint density at radius 2 is 2.06 bits per heavy atom. The molecule has 0 aromatic carbocycles. The Morgan fingerprint density at radius 1 is 1.39 bits per heavy atom. The Morgan fingerprint density at radius 3 is 2.67 bits per heavy atom. The molecule has 102 valence electrons. The third kappa shape index (κ3) is 2.06. The molecule has 0 saturated heterocycles. The van der Waals surface area contributed by atoms with Crippen molar-refractivity contribution in [3.05, 3.63) is 11.6 Å². The number of ketones is 1. The molecule has 0 spiro atoms. The summed E-state index contributed by atoms with van der Waals surface area (Å²) >= 11 is 0. The van der Waals surface area contributed by atoms with Gasteiger partial charge in [0.15, 0.2) is 0 Å². The molecule has 2 aliphatic rings. The van der Waals surface area contributed by atoms with Crippen molar-refractivity contribution in [3.63, 3.8) is 0 Å². The van der Waals surface area contributed by atoms with Gasteiger partial charge in [-0.15, -0.1) is 0 Å². The smallest absolute Gasteiger partial charge is 0.138 e. The van der Waals surface area contributed by atoms with Crippen LogP contribution in [0.15, 0.2) is 11.6 Å². The molecule has 2 aliphatic carbocycles. The standard InChI is InChI=1S/C17H28O/c1-6-15(18)17(5)11-14-13(10-12(17)2)8-7-9-16(14,3)4/h8,12,14H,6-7,9-11H2,1-5H3. The van der Waals surface area contributed by atoms with Gasteiger partial charge < -0.3 is 0 Å². The van der Waals surface area contributed by atoms with Crippen LogP contribution in [0.4, 0.5) is 0 Å². The first-order valence-corrected chi connectivity index (χ1v) is 7.53. The summed E-state index contributed by atoms with van der Waals surface area (Å²) in [5.74, 6) is 1.60. The summed E-state index contributed by atoms with van der Waals surface area (Å²) in [6.07, 6.45) is 7.85. The van der Waals surface area contributed by atoms with E-state index in [9.17, 15) is 4.79 Å². The maximum atomic E-state index is 12.4. The first kappa shape index (κ1) is 13.8. The van der Waals surface area contributed by atoms with Crippen LogP contribution >= 0.6 is 0 Å². The highest BCUT2D eigenvalue weighted by Gasteiger charge is 2.48. The van der Waals surface area contributed by atoms with Crippen LogP contribution in [0.25, 0.3) is 0 Å². The molecule has 3 atom stereocenters. The van der Waals surface area contributed by atoms with Gasteiger partial charge in [-0.25, -0.2) is 0 Å². The van der Waals surface area contributed by atoms with Crippen LogP contribution in [0.3, 0.4) is 0 Å². The van der Waals surface area contributed by atoms with Crippen LogP contribution in [0.2, 0.25) is 0 Å². The Kier molecular flexibility index (Phi) is 3.46. The van der Waals surface area contributed by atoms with Gasteiger partial charge in [-0.2, -0.15) is 0 Å². The zero-order valence-electron chi connectivity index (χ0n) is 12.7. The SMILES string of the molecule is CCC(=O)C1(C)CC2C(=CCCC2(C)C)CC1C. The number of hydrogen-bond donors (Lipinski definition) is 0. The van der Waals surface area contributed by atoms with E-state index in [-0.39, 0.29) is 5.41 Å². The van der Waals surface area contributed by atoms with Crippen molar-refractivity contribution in [2.75, 3.05) is 0 Å². The largest absolute Gasteiger partial charge is 0.299 e. The summed E-state index contributed by atoms with van der Waals surface area (Å²) < 4.78 is 0. The molecule has 0 aliphatic heterocycles. The highest BCUT2D eigenvalue weighted by atomic mass is 16.1. The minimum Gasteiger partial charge on any atom is -0.299 e. The number of rotatable bonds is 2. The Hall–Kier alpha value is -0.590. The lowest BCUT2D eigenvalue weighted by atomic mass is 9.53. The van der Waals surface area contributed by atoms with Crippen LogP contribution in [0.1, 0.15) is 66.7 Å². The fourth-order valence-electron chi connectivity index (χ4n) is 4.08. The molecular weight excluding hydrogens is 220 g/mol. The van der Waals surface area contributed by atoms with Crippen molar-refractivity contribution in [1.29, 1.82) is 0 Å². The quantitative estimate of drug-likeness (QED) is 0.644. The number of carbonyl (C=O) groups is 1. The molecular formula is C17H28O. The van der Waals surface area contributed by atoms with E-state index in [0.29, 0.717) is 29.5 Å². The lowest BCUT2D eigenvalue weighted by molar-refractivity contribution is -0.133. The number of carbonyl (C=O) groups excluding carboxylic acids is 1. The Bertz CT molecular complexity index is 377. The van der Waals surface area contributed by atoms with Crippen LogP contribution in [0.5, 0.6) is 0 Å². The molecule has 0 bridgehead atoms. The molecule has 0 heterocycles. The highest BCUT2D eigenvalue weighted by molar-refractivity contribution is 5.84. The second kappa shape index (κ2) is 4.51. The predicted molar refractivity (Wildman–Crippen MR) is 76.4 cm³/mol. The van der Waals surface area contributed by atoms with Gasteiger partial charge in [0.05, 0.1) is 0 Å². The second-order valence-corrected chi connectivity index (χ2v) is 7.36. The fraction of sp³-hybridized carbons (Fsp3) is 0.824. The molecule has 0 aromatic rings. The maximum Gasteiger partial charge on any atom is 0.138 e. The van der Waals surface area contributed by atoms with Crippen molar-refractivity contribution < 1.29 is 4.79 Å². The minimum absolute atomic E-state index is 0.0919. The third-order valence-corrected chi connectivity index (χ3v) is 5.80. The number of fused-ring (bicyclic) bond motifs is 1. The van der Waals surface area contributed by atoms with Crippen molar-refractivity contribution in [1.82, 2.24) is 0 Å². The van der Waals surface area contributed by atoms with E-state index in [2.05, 4.69) is 33.8 Å². The van der Waals surface area contributed by atoms with Gasteiger partial charge in [0.2, 0.25) is 0 Å². The highest BCUT2D eigenvalue weighted by Crippen LogP contribution is 2.55. The predicted octanol–water partition coefficient (Wildman–Crippen LogP) is 4.76. The average Bonchev–Trinajstić information content (AvgIpc) is 2.30. The average molecular weight is 248 g/mol. The molecule has 1 saturated carbocycles. The van der Waals surface area contributed by atoms with Gasteiger partial charge in [0.25, 0.3) is 0 Å². The van der Waals surface area contributed by atoms with Crippen LogP contribution in [-0.4, -0.2) is 5.78 Å². The van der Waals surface area contributed by atoms with E-state index >= 15 is 0 Å². The lowest BCUT2D eigenvalue weighted by Crippen LogP contribution is -2.45. The summed E-state index contributed by atoms with van der Waals surface area (Å²) in [6.45, 7) is 11.3. The van der Waals surface area contributed by atoms with Gasteiger partial charge in [0.1, 0.15) is 5.78 Å². The van der Waals surface area contributed by atoms with Gasteiger partial charge >= 0.3 is 0 Å². The number of allylic oxidation sites excluding steroid dienone is 2. The van der Waals surface area contributed by atoms with E-state index in [1.165, 1.54) is 12.8 Å². The summed E-state index contributed by atoms with van der Waals surface area (Å²) in [5, 5.41) is 0. The number of Topliss-reactive ketones (excluding diaryl/α,β-unsaturated/α-hetero) is 1. The zero-order chi connectivity index (χ0) is 13.6. The lowest BCUT2D eigenvalue weighted by Gasteiger charge is -2.50. The van der Waals surface area contributed by atoms with E-state index < -0.39 is 0 Å². The van der Waals surface area contributed by atoms with E-state index in [0.717, 1.165) is 12.8 Å². The first-order chi connectivity index (χ1) is 8.31. The summed E-state index contributed by atoms with van der Waals surface area (Å²) in [5.41, 5.74) is 1.92. The van der Waals surface area contributed by atoms with Crippen LogP contribution in [-0.2, 0) is 4.79 Å². The molecule has 2 rings (SSSR count). The third-order valence-electron chi connectivity index (χ3n) is 5.80. The summed E-state index contributed by atoms with van der Waals surface area (Å²) in [7, 11) is 0. The molecule has 0 radical (unpaired) electrons. The van der Waals surface area contributed by atoms with Gasteiger partial charge in [-0.05, 0) is 42.9 Å². The Balaban J connectivity index is 2.32. The molecule has 0 aromatic heterocycles. The first-order valence-electron chi connectivity index (χ1n) is 7.53. The van der Waals surface area contributed by atoms with E-state index in [1.54, 1.807) is 5.57 Å². The molecule has 18 heavy (non-hydrogen) atoms. The minimum atomic E-state index is -0.0919. The number of hydrogen-bond acceptors (Lipinski definition) is 1. The molecule has 1 fully saturated rings. The summed E-state index contributed by atoms with van der Waals surface area (Å²) in [4.78, 5) is 12.4. The molecule has 0 amide bonds. The monoisotopic (exact) mass is 248 g/mol. The van der Waals surface area contributed by atoms with E-state index in [4.69, 9.17) is 0 Å². The van der Waals surface area contributed by atoms with Crippen molar-refractivity contribution >= 4 is 5.78 Å². The van der Waals surface area contributed by atoms with E-state index in [1.807, 2.05) is 6.92 Å². The van der Waals surface area contributed by atoms with Gasteiger partial charge in [-0.1, -0.05) is 46.3 Å². The molecule has 1 heteroatoms. The summed E-state index contributed by atoms with van der Waals surface area (Å²) in [6, 6.07) is 0. The van der Waals surface area contributed by atoms with Crippen molar-refractivity contribution in [2.24, 2.45) is 22.7 Å². The Labute approximate surface area is 112 Å². The normalized spacial score (nSPS) is 38.8. The molecule has 1 nitrogen and oxygen atoms in total. The maximum absolute atomic E-state index is 12.4. The van der Waals surface area contributed by atoms with Crippen molar-refractivity contribution in [2.45, 2.75) is 66.7 Å². The van der Waals surface area contributed by atoms with Gasteiger partial charge in [-0.3, -0.25) is 4.79 Å². The molecule has 3 unspecified atom stereocenters. The van der Waals surface area contributed by atoms with Crippen molar-refractivity contribution in [3.8, 4) is 0 Å². The zero-order valence-corrected chi connectivity index (χ0v) is 12.7. The van der Waals surface area contributed by atoms with Crippen LogP contribution in [0, 0.1) is 22.7 Å². The van der Waals surface area contributed by atoms with Crippen LogP contribution < -0.4 is 0 Å².